The highest BCUT2D eigenvalue weighted by Crippen LogP contribution is 2.43. The number of likely N-dealkylation sites (N-methyl/N-ethyl adjacent to an activating group) is 1. The minimum atomic E-state index is -4.27. The molecule has 2 atom stereocenters. The molecule has 51 heavy (non-hydrogen) atoms. The zero-order valence-electron chi connectivity index (χ0n) is 34.4. The van der Waals surface area contributed by atoms with E-state index in [1.165, 1.54) is 135 Å². The lowest BCUT2D eigenvalue weighted by Gasteiger charge is -2.24. The Labute approximate surface area is 316 Å². The highest BCUT2D eigenvalue weighted by molar-refractivity contribution is 7.47. The van der Waals surface area contributed by atoms with Crippen molar-refractivity contribution in [3.05, 3.63) is 12.2 Å². The largest absolute Gasteiger partial charge is 0.472 e. The number of phosphoric ester groups is 1. The molecule has 0 bridgehead atoms. The Kier molecular flexibility index (Phi) is 35.7. The van der Waals surface area contributed by atoms with Crippen molar-refractivity contribution in [3.8, 4) is 0 Å². The minimum absolute atomic E-state index is 0.0901. The molecule has 0 spiro atoms. The summed E-state index contributed by atoms with van der Waals surface area (Å²) in [5, 5.41) is 0. The van der Waals surface area contributed by atoms with Crippen LogP contribution in [0.2, 0.25) is 0 Å². The summed E-state index contributed by atoms with van der Waals surface area (Å²) >= 11 is 0. The smallest absolute Gasteiger partial charge is 0.457 e. The fourth-order valence-corrected chi connectivity index (χ4v) is 6.70. The predicted octanol–water partition coefficient (Wildman–Crippen LogP) is 12.3. The molecule has 0 rings (SSSR count). The maximum Gasteiger partial charge on any atom is 0.472 e. The molecule has 0 heterocycles. The van der Waals surface area contributed by atoms with Crippen molar-refractivity contribution < 1.29 is 37.3 Å². The standard InChI is InChI=1S/C42H84NO7P/c1-6-8-10-12-14-16-18-20-22-23-25-27-29-31-33-35-42(44)50-41(40-49-51(45,46)48-38-36-43(3,4)5)39-47-37-34-32-30-28-26-24-21-19-17-15-13-11-9-7-2/h20,22,41H,6-19,21,23-40H2,1-5H3/p+1/b22-20-/t41-/m1/s1. The number of carbonyl (C=O) groups excluding carboxylic acids is 1. The normalized spacial score (nSPS) is 13.9. The maximum atomic E-state index is 12.7. The van der Waals surface area contributed by atoms with Gasteiger partial charge in [0.25, 0.3) is 0 Å². The molecule has 1 N–H and O–H groups in total. The number of nitrogens with zero attached hydrogens (tertiary/aromatic N) is 1. The molecule has 0 saturated carbocycles. The molecule has 0 radical (unpaired) electrons. The third-order valence-corrected chi connectivity index (χ3v) is 10.3. The first-order chi connectivity index (χ1) is 24.6. The summed E-state index contributed by atoms with van der Waals surface area (Å²) < 4.78 is 35.0. The van der Waals surface area contributed by atoms with E-state index in [2.05, 4.69) is 26.0 Å². The van der Waals surface area contributed by atoms with Gasteiger partial charge in [0.2, 0.25) is 0 Å². The Morgan fingerprint density at radius 2 is 1.02 bits per heavy atom. The summed E-state index contributed by atoms with van der Waals surface area (Å²) in [6, 6.07) is 0. The van der Waals surface area contributed by atoms with Gasteiger partial charge in [0.05, 0.1) is 34.4 Å². The monoisotopic (exact) mass is 747 g/mol. The van der Waals surface area contributed by atoms with E-state index in [9.17, 15) is 14.3 Å². The number of quaternary nitrogens is 1. The number of unbranched alkanes of at least 4 members (excludes halogenated alkanes) is 24. The molecule has 8 nitrogen and oxygen atoms in total. The molecule has 0 aliphatic carbocycles. The zero-order chi connectivity index (χ0) is 37.7. The van der Waals surface area contributed by atoms with Gasteiger partial charge in [0, 0.05) is 13.0 Å². The molecule has 0 aromatic rings. The summed E-state index contributed by atoms with van der Waals surface area (Å²) in [5.41, 5.74) is 0. The van der Waals surface area contributed by atoms with Crippen LogP contribution in [0.25, 0.3) is 0 Å². The van der Waals surface area contributed by atoms with Crippen molar-refractivity contribution in [2.45, 2.75) is 200 Å². The van der Waals surface area contributed by atoms with Crippen molar-refractivity contribution >= 4 is 13.8 Å². The van der Waals surface area contributed by atoms with E-state index < -0.39 is 13.9 Å². The van der Waals surface area contributed by atoms with Crippen molar-refractivity contribution in [2.24, 2.45) is 0 Å². The van der Waals surface area contributed by atoms with E-state index in [-0.39, 0.29) is 25.8 Å². The van der Waals surface area contributed by atoms with Crippen molar-refractivity contribution in [1.82, 2.24) is 0 Å². The fourth-order valence-electron chi connectivity index (χ4n) is 5.96. The second kappa shape index (κ2) is 36.2. The quantitative estimate of drug-likeness (QED) is 0.0219. The van der Waals surface area contributed by atoms with Crippen LogP contribution < -0.4 is 0 Å². The van der Waals surface area contributed by atoms with Gasteiger partial charge in [-0.25, -0.2) is 4.57 Å². The number of rotatable bonds is 40. The molecule has 0 saturated heterocycles. The van der Waals surface area contributed by atoms with Gasteiger partial charge in [0.1, 0.15) is 19.3 Å². The highest BCUT2D eigenvalue weighted by atomic mass is 31.2. The number of hydrogen-bond acceptors (Lipinski definition) is 6. The lowest BCUT2D eigenvalue weighted by atomic mass is 10.0. The van der Waals surface area contributed by atoms with Gasteiger partial charge in [-0.2, -0.15) is 0 Å². The summed E-state index contributed by atoms with van der Waals surface area (Å²) in [4.78, 5) is 22.8. The second-order valence-electron chi connectivity index (χ2n) is 15.7. The van der Waals surface area contributed by atoms with E-state index in [0.29, 0.717) is 24.1 Å². The Morgan fingerprint density at radius 3 is 1.49 bits per heavy atom. The summed E-state index contributed by atoms with van der Waals surface area (Å²) in [5.74, 6) is -0.319. The SMILES string of the molecule is CCCCCCCC/C=C\CCCCCCCC(=O)O[C@H](COCCCCCCCCCCCCCCCC)COP(=O)(O)OCC[N+](C)(C)C. The molecule has 0 amide bonds. The van der Waals surface area contributed by atoms with E-state index >= 15 is 0 Å². The molecule has 0 aliphatic rings. The van der Waals surface area contributed by atoms with Crippen molar-refractivity contribution in [2.75, 3.05) is 54.1 Å². The number of hydrogen-bond donors (Lipinski definition) is 1. The molecule has 0 aliphatic heterocycles. The second-order valence-corrected chi connectivity index (χ2v) is 17.2. The molecule has 0 aromatic carbocycles. The Hall–Kier alpha value is -0.760. The lowest BCUT2D eigenvalue weighted by Crippen LogP contribution is -2.37. The lowest BCUT2D eigenvalue weighted by molar-refractivity contribution is -0.870. The van der Waals surface area contributed by atoms with Crippen LogP contribution in [0.15, 0.2) is 12.2 Å². The first kappa shape index (κ1) is 50.2. The van der Waals surface area contributed by atoms with Gasteiger partial charge in [-0.05, 0) is 38.5 Å². The van der Waals surface area contributed by atoms with Gasteiger partial charge in [-0.15, -0.1) is 0 Å². The van der Waals surface area contributed by atoms with Gasteiger partial charge in [-0.1, -0.05) is 161 Å². The van der Waals surface area contributed by atoms with Crippen LogP contribution in [-0.2, 0) is 27.9 Å². The van der Waals surface area contributed by atoms with E-state index in [1.54, 1.807) is 0 Å². The summed E-state index contributed by atoms with van der Waals surface area (Å²) in [7, 11) is 1.67. The minimum Gasteiger partial charge on any atom is -0.457 e. The maximum absolute atomic E-state index is 12.7. The molecular weight excluding hydrogens is 661 g/mol. The first-order valence-electron chi connectivity index (χ1n) is 21.4. The van der Waals surface area contributed by atoms with Gasteiger partial charge in [0.15, 0.2) is 0 Å². The molecule has 9 heteroatoms. The van der Waals surface area contributed by atoms with Gasteiger partial charge >= 0.3 is 13.8 Å². The van der Waals surface area contributed by atoms with Gasteiger partial charge < -0.3 is 18.9 Å². The van der Waals surface area contributed by atoms with Crippen LogP contribution in [0.4, 0.5) is 0 Å². The van der Waals surface area contributed by atoms with Crippen LogP contribution in [0.5, 0.6) is 0 Å². The molecule has 304 valence electrons. The van der Waals surface area contributed by atoms with Crippen molar-refractivity contribution in [3.63, 3.8) is 0 Å². The number of esters is 1. The number of ether oxygens (including phenoxy) is 2. The fraction of sp³-hybridized carbons (Fsp3) is 0.929. The Morgan fingerprint density at radius 1 is 0.588 bits per heavy atom. The predicted molar refractivity (Wildman–Crippen MR) is 215 cm³/mol. The van der Waals surface area contributed by atoms with Gasteiger partial charge in [-0.3, -0.25) is 13.8 Å². The third kappa shape index (κ3) is 40.3. The summed E-state index contributed by atoms with van der Waals surface area (Å²) in [6.07, 6.45) is 38.0. The van der Waals surface area contributed by atoms with Crippen LogP contribution in [-0.4, -0.2) is 75.6 Å². The topological polar surface area (TPSA) is 91.3 Å². The Balaban J connectivity index is 4.24. The zero-order valence-corrected chi connectivity index (χ0v) is 35.3. The Bertz CT molecular complexity index is 833. The number of allylic oxidation sites excluding steroid dienone is 2. The van der Waals surface area contributed by atoms with Crippen molar-refractivity contribution in [1.29, 1.82) is 0 Å². The van der Waals surface area contributed by atoms with E-state index in [1.807, 2.05) is 21.1 Å². The highest BCUT2D eigenvalue weighted by Gasteiger charge is 2.26. The summed E-state index contributed by atoms with van der Waals surface area (Å²) in [6.45, 7) is 5.64. The average Bonchev–Trinajstić information content (AvgIpc) is 3.08. The van der Waals surface area contributed by atoms with Crippen LogP contribution in [0.1, 0.15) is 194 Å². The number of phosphoric acid groups is 1. The average molecular weight is 747 g/mol. The third-order valence-electron chi connectivity index (χ3n) is 9.33. The van der Waals surface area contributed by atoms with Crippen LogP contribution in [0, 0.1) is 0 Å². The van der Waals surface area contributed by atoms with E-state index in [0.717, 1.165) is 38.5 Å². The molecular formula is C42H85NO7P+. The molecule has 1 unspecified atom stereocenters. The first-order valence-corrected chi connectivity index (χ1v) is 22.9. The molecule has 0 aromatic heterocycles. The van der Waals surface area contributed by atoms with Crippen LogP contribution in [0.3, 0.4) is 0 Å². The molecule has 0 fully saturated rings. The van der Waals surface area contributed by atoms with Crippen LogP contribution >= 0.6 is 7.82 Å². The number of carbonyl (C=O) groups is 1. The van der Waals surface area contributed by atoms with E-state index in [4.69, 9.17) is 18.5 Å².